The molecular formula is C13H18N2O2. The van der Waals surface area contributed by atoms with Gasteiger partial charge in [-0.1, -0.05) is 6.58 Å². The smallest absolute Gasteiger partial charge is 0.419 e. The van der Waals surface area contributed by atoms with E-state index < -0.39 is 11.7 Å². The second kappa shape index (κ2) is 4.99. The molecule has 0 aromatic carbocycles. The number of pyridine rings is 1. The molecule has 0 aliphatic carbocycles. The summed E-state index contributed by atoms with van der Waals surface area (Å²) in [5, 5.41) is 0. The van der Waals surface area contributed by atoms with Crippen molar-refractivity contribution in [1.29, 1.82) is 0 Å². The Balaban J connectivity index is 2.97. The van der Waals surface area contributed by atoms with E-state index in [2.05, 4.69) is 11.6 Å². The molecule has 4 heteroatoms. The number of anilines is 1. The lowest BCUT2D eigenvalue weighted by Gasteiger charge is -2.25. The zero-order chi connectivity index (χ0) is 13.1. The summed E-state index contributed by atoms with van der Waals surface area (Å²) in [6, 6.07) is 1.83. The molecule has 1 aromatic heterocycles. The van der Waals surface area contributed by atoms with E-state index in [1.807, 2.05) is 33.8 Å². The first-order chi connectivity index (χ1) is 7.85. The van der Waals surface area contributed by atoms with E-state index in [0.29, 0.717) is 5.69 Å². The second-order valence-corrected chi connectivity index (χ2v) is 4.70. The van der Waals surface area contributed by atoms with Gasteiger partial charge in [0, 0.05) is 12.4 Å². The predicted molar refractivity (Wildman–Crippen MR) is 67.9 cm³/mol. The number of hydrogen-bond acceptors (Lipinski definition) is 3. The number of aromatic nitrogens is 1. The Morgan fingerprint density at radius 2 is 2.18 bits per heavy atom. The lowest BCUT2D eigenvalue weighted by Crippen LogP contribution is -2.33. The van der Waals surface area contributed by atoms with Crippen molar-refractivity contribution in [3.05, 3.63) is 36.8 Å². The highest BCUT2D eigenvalue weighted by Crippen LogP contribution is 2.21. The average Bonchev–Trinajstić information content (AvgIpc) is 2.19. The Hall–Kier alpha value is -1.84. The first-order valence-corrected chi connectivity index (χ1v) is 5.40. The summed E-state index contributed by atoms with van der Waals surface area (Å²) in [7, 11) is 0. The van der Waals surface area contributed by atoms with E-state index >= 15 is 0 Å². The van der Waals surface area contributed by atoms with Crippen molar-refractivity contribution in [3.8, 4) is 0 Å². The van der Waals surface area contributed by atoms with Crippen LogP contribution in [0.3, 0.4) is 0 Å². The fourth-order valence-corrected chi connectivity index (χ4v) is 1.29. The quantitative estimate of drug-likeness (QED) is 0.788. The zero-order valence-electron chi connectivity index (χ0n) is 10.7. The van der Waals surface area contributed by atoms with Crippen LogP contribution in [-0.2, 0) is 4.74 Å². The first kappa shape index (κ1) is 13.2. The maximum atomic E-state index is 11.9. The van der Waals surface area contributed by atoms with Crippen molar-refractivity contribution in [3.63, 3.8) is 0 Å². The fraction of sp³-hybridized carbons (Fsp3) is 0.385. The van der Waals surface area contributed by atoms with Gasteiger partial charge in [0.05, 0.1) is 11.9 Å². The van der Waals surface area contributed by atoms with Gasteiger partial charge in [-0.05, 0) is 39.3 Å². The highest BCUT2D eigenvalue weighted by molar-refractivity contribution is 5.90. The summed E-state index contributed by atoms with van der Waals surface area (Å²) in [4.78, 5) is 17.3. The minimum absolute atomic E-state index is 0.455. The summed E-state index contributed by atoms with van der Waals surface area (Å²) in [6.45, 7) is 11.0. The van der Waals surface area contributed by atoms with Crippen molar-refractivity contribution >= 4 is 11.8 Å². The number of carbonyl (C=O) groups is 1. The van der Waals surface area contributed by atoms with Crippen LogP contribution in [0.15, 0.2) is 31.2 Å². The predicted octanol–water partition coefficient (Wildman–Crippen LogP) is 3.28. The van der Waals surface area contributed by atoms with Gasteiger partial charge in [0.2, 0.25) is 0 Å². The SMILES string of the molecule is C=CN(C(=O)OC(C)(C)C)c1cnccc1C. The van der Waals surface area contributed by atoms with Crippen LogP contribution in [0.2, 0.25) is 0 Å². The van der Waals surface area contributed by atoms with Crippen LogP contribution in [-0.4, -0.2) is 16.7 Å². The monoisotopic (exact) mass is 234 g/mol. The van der Waals surface area contributed by atoms with Crippen LogP contribution >= 0.6 is 0 Å². The molecule has 0 aliphatic heterocycles. The molecule has 0 bridgehead atoms. The number of ether oxygens (including phenoxy) is 1. The third kappa shape index (κ3) is 3.59. The third-order valence-corrected chi connectivity index (χ3v) is 2.04. The van der Waals surface area contributed by atoms with Crippen molar-refractivity contribution in [2.75, 3.05) is 4.90 Å². The largest absolute Gasteiger partial charge is 0.443 e. The van der Waals surface area contributed by atoms with E-state index in [9.17, 15) is 4.79 Å². The van der Waals surface area contributed by atoms with Gasteiger partial charge in [-0.2, -0.15) is 0 Å². The van der Waals surface area contributed by atoms with E-state index in [-0.39, 0.29) is 0 Å². The molecule has 0 atom stereocenters. The number of nitrogens with zero attached hydrogens (tertiary/aromatic N) is 2. The summed E-state index contributed by atoms with van der Waals surface area (Å²) in [6.07, 6.45) is 4.26. The normalized spacial score (nSPS) is 10.8. The van der Waals surface area contributed by atoms with Gasteiger partial charge in [0.25, 0.3) is 0 Å². The molecule has 1 amide bonds. The van der Waals surface area contributed by atoms with Gasteiger partial charge in [0.1, 0.15) is 5.60 Å². The minimum atomic E-state index is -0.533. The van der Waals surface area contributed by atoms with Crippen molar-refractivity contribution in [2.45, 2.75) is 33.3 Å². The molecule has 4 nitrogen and oxygen atoms in total. The van der Waals surface area contributed by atoms with E-state index in [1.54, 1.807) is 12.4 Å². The van der Waals surface area contributed by atoms with Crippen LogP contribution in [0.1, 0.15) is 26.3 Å². The molecule has 0 spiro atoms. The van der Waals surface area contributed by atoms with Crippen molar-refractivity contribution in [1.82, 2.24) is 4.98 Å². The van der Waals surface area contributed by atoms with Crippen LogP contribution in [0.25, 0.3) is 0 Å². The molecule has 1 aromatic rings. The van der Waals surface area contributed by atoms with Gasteiger partial charge in [-0.25, -0.2) is 4.79 Å². The highest BCUT2D eigenvalue weighted by Gasteiger charge is 2.22. The van der Waals surface area contributed by atoms with Gasteiger partial charge in [0.15, 0.2) is 0 Å². The number of aryl methyl sites for hydroxylation is 1. The van der Waals surface area contributed by atoms with Gasteiger partial charge in [-0.15, -0.1) is 0 Å². The summed E-state index contributed by atoms with van der Waals surface area (Å²) >= 11 is 0. The average molecular weight is 234 g/mol. The number of rotatable bonds is 2. The molecule has 1 heterocycles. The number of amides is 1. The molecule has 0 radical (unpaired) electrons. The molecule has 0 N–H and O–H groups in total. The molecule has 0 aliphatic rings. The number of hydrogen-bond donors (Lipinski definition) is 0. The molecule has 92 valence electrons. The number of carbonyl (C=O) groups excluding carboxylic acids is 1. The zero-order valence-corrected chi connectivity index (χ0v) is 10.7. The van der Waals surface area contributed by atoms with Crippen LogP contribution in [0, 0.1) is 6.92 Å². The fourth-order valence-electron chi connectivity index (χ4n) is 1.29. The van der Waals surface area contributed by atoms with Gasteiger partial charge >= 0.3 is 6.09 Å². The molecule has 0 saturated carbocycles. The minimum Gasteiger partial charge on any atom is -0.443 e. The van der Waals surface area contributed by atoms with Crippen LogP contribution < -0.4 is 4.90 Å². The molecular weight excluding hydrogens is 216 g/mol. The topological polar surface area (TPSA) is 42.4 Å². The van der Waals surface area contributed by atoms with Gasteiger partial charge in [-0.3, -0.25) is 9.88 Å². The Morgan fingerprint density at radius 1 is 1.53 bits per heavy atom. The van der Waals surface area contributed by atoms with E-state index in [1.165, 1.54) is 11.1 Å². The van der Waals surface area contributed by atoms with Crippen LogP contribution in [0.4, 0.5) is 10.5 Å². The first-order valence-electron chi connectivity index (χ1n) is 5.40. The summed E-state index contributed by atoms with van der Waals surface area (Å²) in [5.41, 5.74) is 1.08. The highest BCUT2D eigenvalue weighted by atomic mass is 16.6. The summed E-state index contributed by atoms with van der Waals surface area (Å²) < 4.78 is 5.29. The van der Waals surface area contributed by atoms with E-state index in [0.717, 1.165) is 5.56 Å². The molecule has 0 fully saturated rings. The summed E-state index contributed by atoms with van der Waals surface area (Å²) in [5.74, 6) is 0. The maximum absolute atomic E-state index is 11.9. The second-order valence-electron chi connectivity index (χ2n) is 4.70. The Kier molecular flexibility index (Phi) is 3.89. The molecule has 17 heavy (non-hydrogen) atoms. The standard InChI is InChI=1S/C13H18N2O2/c1-6-15(12(16)17-13(3,4)5)11-9-14-8-7-10(11)2/h6-9H,1H2,2-5H3. The third-order valence-electron chi connectivity index (χ3n) is 2.04. The van der Waals surface area contributed by atoms with Crippen molar-refractivity contribution in [2.24, 2.45) is 0 Å². The lowest BCUT2D eigenvalue weighted by atomic mass is 10.2. The van der Waals surface area contributed by atoms with Crippen LogP contribution in [0.5, 0.6) is 0 Å². The maximum Gasteiger partial charge on any atom is 0.419 e. The molecule has 0 unspecified atom stereocenters. The van der Waals surface area contributed by atoms with E-state index in [4.69, 9.17) is 4.74 Å². The Labute approximate surface area is 102 Å². The Bertz CT molecular complexity index is 422. The molecule has 0 saturated heterocycles. The lowest BCUT2D eigenvalue weighted by molar-refractivity contribution is 0.0596. The van der Waals surface area contributed by atoms with Crippen molar-refractivity contribution < 1.29 is 9.53 Å². The van der Waals surface area contributed by atoms with Gasteiger partial charge < -0.3 is 4.74 Å². The molecule has 1 rings (SSSR count). The Morgan fingerprint density at radius 3 is 2.65 bits per heavy atom.